The second kappa shape index (κ2) is 6.31. The molecule has 0 saturated carbocycles. The van der Waals surface area contributed by atoms with E-state index in [0.29, 0.717) is 10.4 Å². The molecule has 0 aliphatic rings. The van der Waals surface area contributed by atoms with Crippen molar-refractivity contribution >= 4 is 33.4 Å². The fourth-order valence-electron chi connectivity index (χ4n) is 1.34. The number of halogens is 1. The molecule has 0 saturated heterocycles. The van der Waals surface area contributed by atoms with Gasteiger partial charge in [0.1, 0.15) is 6.61 Å². The lowest BCUT2D eigenvalue weighted by Crippen LogP contribution is -2.05. The van der Waals surface area contributed by atoms with E-state index < -0.39 is 5.97 Å². The number of aromatic nitrogens is 4. The molecule has 0 spiro atoms. The maximum atomic E-state index is 11.8. The highest BCUT2D eigenvalue weighted by Crippen LogP contribution is 2.31. The normalized spacial score (nSPS) is 10.8. The molecule has 0 N–H and O–H groups in total. The van der Waals surface area contributed by atoms with Crippen LogP contribution in [0.2, 0.25) is 0 Å². The quantitative estimate of drug-likeness (QED) is 0.761. The first-order chi connectivity index (χ1) is 9.52. The third-order valence-electron chi connectivity index (χ3n) is 2.45. The van der Waals surface area contributed by atoms with Crippen molar-refractivity contribution in [3.8, 4) is 5.88 Å². The Morgan fingerprint density at radius 1 is 1.55 bits per heavy atom. The Bertz CT molecular complexity index is 611. The molecule has 2 aromatic rings. The van der Waals surface area contributed by atoms with E-state index in [0.717, 1.165) is 4.88 Å². The number of carbonyl (C=O) groups is 1. The number of nitrogens with zero attached hydrogens (tertiary/aromatic N) is 4. The molecule has 2 rings (SSSR count). The maximum Gasteiger partial charge on any atom is 0.360 e. The van der Waals surface area contributed by atoms with Crippen molar-refractivity contribution in [2.45, 2.75) is 26.5 Å². The van der Waals surface area contributed by atoms with E-state index in [4.69, 9.17) is 9.47 Å². The van der Waals surface area contributed by atoms with E-state index in [1.807, 2.05) is 13.8 Å². The molecule has 2 aromatic heterocycles. The predicted molar refractivity (Wildman–Crippen MR) is 75.9 cm³/mol. The molecule has 0 aromatic carbocycles. The van der Waals surface area contributed by atoms with Gasteiger partial charge in [0.25, 0.3) is 0 Å². The molecule has 0 unspecified atom stereocenters. The van der Waals surface area contributed by atoms with Crippen LogP contribution < -0.4 is 4.74 Å². The van der Waals surface area contributed by atoms with Crippen LogP contribution in [0, 0.1) is 0 Å². The third-order valence-corrected chi connectivity index (χ3v) is 4.33. The standard InChI is InChI=1S/C11H13BrN4O3S/c1-6(2)16-4-7(13-15-16)11(17)19-5-8-9(12)10(18-3)14-20-8/h4,6H,5H2,1-3H3. The average molecular weight is 361 g/mol. The lowest BCUT2D eigenvalue weighted by atomic mass is 10.4. The van der Waals surface area contributed by atoms with Gasteiger partial charge < -0.3 is 9.47 Å². The minimum absolute atomic E-state index is 0.106. The van der Waals surface area contributed by atoms with Gasteiger partial charge in [0.2, 0.25) is 5.88 Å². The van der Waals surface area contributed by atoms with E-state index >= 15 is 0 Å². The van der Waals surface area contributed by atoms with Gasteiger partial charge in [-0.05, 0) is 41.3 Å². The van der Waals surface area contributed by atoms with Gasteiger partial charge in [-0.1, -0.05) is 5.21 Å². The number of hydrogen-bond donors (Lipinski definition) is 0. The van der Waals surface area contributed by atoms with Crippen LogP contribution in [0.3, 0.4) is 0 Å². The molecule has 9 heteroatoms. The SMILES string of the molecule is COc1nsc(COC(=O)c2cn(C(C)C)nn2)c1Br. The number of ether oxygens (including phenoxy) is 2. The van der Waals surface area contributed by atoms with Gasteiger partial charge in [0.05, 0.1) is 22.7 Å². The fourth-order valence-corrected chi connectivity index (χ4v) is 2.68. The minimum Gasteiger partial charge on any atom is -0.480 e. The first-order valence-corrected chi connectivity index (χ1v) is 7.36. The highest BCUT2D eigenvalue weighted by atomic mass is 79.9. The summed E-state index contributed by atoms with van der Waals surface area (Å²) in [4.78, 5) is 12.6. The third kappa shape index (κ3) is 3.15. The number of esters is 1. The summed E-state index contributed by atoms with van der Waals surface area (Å²) in [6.07, 6.45) is 1.56. The fraction of sp³-hybridized carbons (Fsp3) is 0.455. The van der Waals surface area contributed by atoms with Crippen LogP contribution in [0.4, 0.5) is 0 Å². The van der Waals surface area contributed by atoms with E-state index in [1.54, 1.807) is 10.9 Å². The molecule has 0 aliphatic heterocycles. The van der Waals surface area contributed by atoms with Gasteiger partial charge >= 0.3 is 5.97 Å². The summed E-state index contributed by atoms with van der Waals surface area (Å²) in [5.74, 6) is -0.0389. The Kier molecular flexibility index (Phi) is 4.71. The second-order valence-corrected chi connectivity index (χ2v) is 5.83. The first kappa shape index (κ1) is 14.9. The number of methoxy groups -OCH3 is 1. The van der Waals surface area contributed by atoms with Crippen molar-refractivity contribution in [3.63, 3.8) is 0 Å². The summed E-state index contributed by atoms with van der Waals surface area (Å²) in [5.41, 5.74) is 0.186. The van der Waals surface area contributed by atoms with Gasteiger partial charge in [-0.2, -0.15) is 4.37 Å². The first-order valence-electron chi connectivity index (χ1n) is 5.80. The summed E-state index contributed by atoms with van der Waals surface area (Å²) in [7, 11) is 1.53. The van der Waals surface area contributed by atoms with E-state index in [-0.39, 0.29) is 18.3 Å². The molecule has 0 bridgehead atoms. The Morgan fingerprint density at radius 3 is 2.85 bits per heavy atom. The van der Waals surface area contributed by atoms with Crippen LogP contribution >= 0.6 is 27.5 Å². The molecular weight excluding hydrogens is 348 g/mol. The highest BCUT2D eigenvalue weighted by Gasteiger charge is 2.17. The van der Waals surface area contributed by atoms with Gasteiger partial charge in [-0.25, -0.2) is 9.48 Å². The van der Waals surface area contributed by atoms with Crippen LogP contribution in [0.15, 0.2) is 10.7 Å². The molecule has 108 valence electrons. The molecule has 7 nitrogen and oxygen atoms in total. The second-order valence-electron chi connectivity index (χ2n) is 4.18. The summed E-state index contributed by atoms with van der Waals surface area (Å²) < 4.78 is 16.6. The van der Waals surface area contributed by atoms with Crippen molar-refractivity contribution in [1.29, 1.82) is 0 Å². The minimum atomic E-state index is -0.517. The van der Waals surface area contributed by atoms with Crippen LogP contribution in [0.25, 0.3) is 0 Å². The highest BCUT2D eigenvalue weighted by molar-refractivity contribution is 9.10. The van der Waals surface area contributed by atoms with Gasteiger partial charge in [0.15, 0.2) is 5.69 Å². The van der Waals surface area contributed by atoms with Crippen LogP contribution in [0.1, 0.15) is 35.3 Å². The van der Waals surface area contributed by atoms with Crippen LogP contribution in [-0.2, 0) is 11.3 Å². The van der Waals surface area contributed by atoms with Crippen LogP contribution in [0.5, 0.6) is 5.88 Å². The van der Waals surface area contributed by atoms with Crippen LogP contribution in [-0.4, -0.2) is 32.4 Å². The zero-order chi connectivity index (χ0) is 14.7. The van der Waals surface area contributed by atoms with E-state index in [9.17, 15) is 4.79 Å². The summed E-state index contributed by atoms with van der Waals surface area (Å²) in [6, 6.07) is 0.143. The lowest BCUT2D eigenvalue weighted by Gasteiger charge is -2.02. The molecule has 0 atom stereocenters. The van der Waals surface area contributed by atoms with Gasteiger partial charge in [-0.3, -0.25) is 0 Å². The largest absolute Gasteiger partial charge is 0.480 e. The molecular formula is C11H13BrN4O3S. The summed E-state index contributed by atoms with van der Waals surface area (Å²) in [6.45, 7) is 4.00. The Morgan fingerprint density at radius 2 is 2.30 bits per heavy atom. The Labute approximate surface area is 128 Å². The van der Waals surface area contributed by atoms with Crippen molar-refractivity contribution < 1.29 is 14.3 Å². The van der Waals surface area contributed by atoms with Crippen molar-refractivity contribution in [2.75, 3.05) is 7.11 Å². The summed E-state index contributed by atoms with van der Waals surface area (Å²) in [5, 5.41) is 7.64. The average Bonchev–Trinajstić information content (AvgIpc) is 3.03. The maximum absolute atomic E-state index is 11.8. The zero-order valence-electron chi connectivity index (χ0n) is 11.2. The number of rotatable bonds is 5. The molecule has 2 heterocycles. The Hall–Kier alpha value is -1.48. The number of hydrogen-bond acceptors (Lipinski definition) is 7. The van der Waals surface area contributed by atoms with Crippen molar-refractivity contribution in [3.05, 3.63) is 21.2 Å². The molecule has 0 radical (unpaired) electrons. The van der Waals surface area contributed by atoms with E-state index in [2.05, 4.69) is 30.6 Å². The predicted octanol–water partition coefficient (Wildman–Crippen LogP) is 2.44. The molecule has 20 heavy (non-hydrogen) atoms. The summed E-state index contributed by atoms with van der Waals surface area (Å²) >= 11 is 4.55. The molecule has 0 amide bonds. The zero-order valence-corrected chi connectivity index (χ0v) is 13.6. The van der Waals surface area contributed by atoms with E-state index in [1.165, 1.54) is 18.6 Å². The monoisotopic (exact) mass is 360 g/mol. The lowest BCUT2D eigenvalue weighted by molar-refractivity contribution is 0.0469. The molecule has 0 aliphatic carbocycles. The smallest absolute Gasteiger partial charge is 0.360 e. The van der Waals surface area contributed by atoms with Gasteiger partial charge in [-0.15, -0.1) is 5.10 Å². The van der Waals surface area contributed by atoms with Crippen molar-refractivity contribution in [2.24, 2.45) is 0 Å². The van der Waals surface area contributed by atoms with Gasteiger partial charge in [0, 0.05) is 6.04 Å². The molecule has 0 fully saturated rings. The number of carbonyl (C=O) groups excluding carboxylic acids is 1. The Balaban J connectivity index is 1.99. The van der Waals surface area contributed by atoms with Crippen molar-refractivity contribution in [1.82, 2.24) is 19.4 Å². The topological polar surface area (TPSA) is 79.1 Å².